The Morgan fingerprint density at radius 2 is 2.00 bits per heavy atom. The summed E-state index contributed by atoms with van der Waals surface area (Å²) in [4.78, 5) is 21.3. The van der Waals surface area contributed by atoms with Gasteiger partial charge < -0.3 is 15.5 Å². The van der Waals surface area contributed by atoms with Crippen molar-refractivity contribution in [3.8, 4) is 0 Å². The van der Waals surface area contributed by atoms with Gasteiger partial charge >= 0.3 is 0 Å². The van der Waals surface area contributed by atoms with Crippen LogP contribution in [0.15, 0.2) is 18.3 Å². The van der Waals surface area contributed by atoms with Crippen LogP contribution in [0.5, 0.6) is 0 Å². The minimum atomic E-state index is -0.0309. The Labute approximate surface area is 132 Å². The van der Waals surface area contributed by atoms with Crippen LogP contribution in [0.4, 0.5) is 5.82 Å². The minimum Gasteiger partial charge on any atom is -0.357 e. The van der Waals surface area contributed by atoms with E-state index in [2.05, 4.69) is 23.7 Å². The zero-order chi connectivity index (χ0) is 15.7. The Hall–Kier alpha value is -1.62. The summed E-state index contributed by atoms with van der Waals surface area (Å²) < 4.78 is 0. The van der Waals surface area contributed by atoms with E-state index in [1.54, 1.807) is 6.20 Å². The number of hydrogen-bond donors (Lipinski definition) is 1. The van der Waals surface area contributed by atoms with Crippen molar-refractivity contribution >= 4 is 11.7 Å². The fourth-order valence-electron chi connectivity index (χ4n) is 3.38. The van der Waals surface area contributed by atoms with Crippen LogP contribution in [0.2, 0.25) is 0 Å². The molecular formula is C17H26N4O. The van der Waals surface area contributed by atoms with Gasteiger partial charge in [0.2, 0.25) is 0 Å². The van der Waals surface area contributed by atoms with E-state index < -0.39 is 0 Å². The molecule has 22 heavy (non-hydrogen) atoms. The van der Waals surface area contributed by atoms with Crippen molar-refractivity contribution in [3.63, 3.8) is 0 Å². The Bertz CT molecular complexity index is 534. The zero-order valence-electron chi connectivity index (χ0n) is 13.6. The molecule has 1 aromatic rings. The smallest absolute Gasteiger partial charge is 0.255 e. The van der Waals surface area contributed by atoms with E-state index in [9.17, 15) is 4.79 Å². The molecule has 2 fully saturated rings. The average molecular weight is 302 g/mol. The number of hydrogen-bond acceptors (Lipinski definition) is 4. The van der Waals surface area contributed by atoms with Gasteiger partial charge in [0, 0.05) is 38.4 Å². The third kappa shape index (κ3) is 2.95. The highest BCUT2D eigenvalue weighted by molar-refractivity contribution is 5.94. The summed E-state index contributed by atoms with van der Waals surface area (Å²) in [6.07, 6.45) is 5.03. The normalized spacial score (nSPS) is 24.6. The van der Waals surface area contributed by atoms with Crippen LogP contribution in [0.25, 0.3) is 0 Å². The number of carbonyl (C=O) groups is 1. The number of aromatic nitrogens is 1. The fourth-order valence-corrected chi connectivity index (χ4v) is 3.38. The lowest BCUT2D eigenvalue weighted by Gasteiger charge is -2.42. The molecule has 1 atom stereocenters. The van der Waals surface area contributed by atoms with E-state index in [1.807, 2.05) is 17.0 Å². The van der Waals surface area contributed by atoms with Crippen molar-refractivity contribution in [2.75, 3.05) is 31.1 Å². The molecule has 0 aliphatic carbocycles. The lowest BCUT2D eigenvalue weighted by molar-refractivity contribution is 0.0532. The zero-order valence-corrected chi connectivity index (χ0v) is 13.6. The number of rotatable bonds is 2. The Morgan fingerprint density at radius 1 is 1.27 bits per heavy atom. The van der Waals surface area contributed by atoms with Crippen molar-refractivity contribution in [1.29, 1.82) is 0 Å². The molecule has 0 bridgehead atoms. The molecule has 5 nitrogen and oxygen atoms in total. The van der Waals surface area contributed by atoms with Crippen molar-refractivity contribution in [2.45, 2.75) is 39.2 Å². The molecule has 1 aromatic heterocycles. The summed E-state index contributed by atoms with van der Waals surface area (Å²) in [5.74, 6) is 1.05. The van der Waals surface area contributed by atoms with E-state index in [1.165, 1.54) is 12.8 Å². The van der Waals surface area contributed by atoms with E-state index in [4.69, 9.17) is 5.73 Å². The van der Waals surface area contributed by atoms with Gasteiger partial charge in [0.15, 0.2) is 0 Å². The number of piperidine rings is 1. The molecule has 3 heterocycles. The highest BCUT2D eigenvalue weighted by atomic mass is 16.2. The predicted octanol–water partition coefficient (Wildman–Crippen LogP) is 1.88. The van der Waals surface area contributed by atoms with Crippen LogP contribution in [0.1, 0.15) is 43.5 Å². The molecule has 5 heteroatoms. The Morgan fingerprint density at radius 3 is 2.59 bits per heavy atom. The topological polar surface area (TPSA) is 62.5 Å². The van der Waals surface area contributed by atoms with Gasteiger partial charge in [0.1, 0.15) is 5.82 Å². The number of amides is 1. The number of nitrogens with zero attached hydrogens (tertiary/aromatic N) is 3. The van der Waals surface area contributed by atoms with Crippen LogP contribution in [-0.4, -0.2) is 48.0 Å². The second kappa shape index (κ2) is 5.88. The third-order valence-corrected chi connectivity index (χ3v) is 5.02. The summed E-state index contributed by atoms with van der Waals surface area (Å²) in [5, 5.41) is 0. The lowest BCUT2D eigenvalue weighted by Crippen LogP contribution is -2.54. The summed E-state index contributed by atoms with van der Waals surface area (Å²) in [6, 6.07) is 4.04. The van der Waals surface area contributed by atoms with Crippen LogP contribution >= 0.6 is 0 Å². The van der Waals surface area contributed by atoms with Crippen molar-refractivity contribution in [1.82, 2.24) is 9.88 Å². The first-order valence-corrected chi connectivity index (χ1v) is 8.23. The highest BCUT2D eigenvalue weighted by Crippen LogP contribution is 2.28. The molecule has 2 N–H and O–H groups in total. The van der Waals surface area contributed by atoms with E-state index in [0.29, 0.717) is 12.1 Å². The second-order valence-corrected chi connectivity index (χ2v) is 7.21. The number of pyridine rings is 1. The van der Waals surface area contributed by atoms with E-state index in [0.717, 1.165) is 31.9 Å². The van der Waals surface area contributed by atoms with Gasteiger partial charge in [0.25, 0.3) is 5.91 Å². The van der Waals surface area contributed by atoms with E-state index >= 15 is 0 Å². The van der Waals surface area contributed by atoms with E-state index in [-0.39, 0.29) is 17.4 Å². The van der Waals surface area contributed by atoms with Crippen LogP contribution < -0.4 is 10.6 Å². The molecule has 3 rings (SSSR count). The molecule has 0 saturated carbocycles. The van der Waals surface area contributed by atoms with Gasteiger partial charge in [-0.25, -0.2) is 4.98 Å². The molecule has 0 aromatic carbocycles. The van der Waals surface area contributed by atoms with Crippen molar-refractivity contribution in [3.05, 3.63) is 23.9 Å². The number of carbonyl (C=O) groups excluding carboxylic acids is 1. The second-order valence-electron chi connectivity index (χ2n) is 7.21. The number of likely N-dealkylation sites (tertiary alicyclic amines) is 1. The number of nitrogens with two attached hydrogens (primary N) is 1. The van der Waals surface area contributed by atoms with Crippen molar-refractivity contribution < 1.29 is 4.79 Å². The summed E-state index contributed by atoms with van der Waals surface area (Å²) in [6.45, 7) is 7.84. The number of anilines is 1. The first kappa shape index (κ1) is 15.3. The van der Waals surface area contributed by atoms with Gasteiger partial charge in [0.05, 0.1) is 5.56 Å². The monoisotopic (exact) mass is 302 g/mol. The Balaban J connectivity index is 1.69. The lowest BCUT2D eigenvalue weighted by atomic mass is 9.79. The minimum absolute atomic E-state index is 0.0309. The standard InChI is InChI=1S/C17H26N4O/c1-17(2)12-21(10-7-14(17)18)16(22)13-5-6-15(19-11-13)20-8-3-4-9-20/h5-6,11,14H,3-4,7-10,12,18H2,1-2H3. The quantitative estimate of drug-likeness (QED) is 0.906. The molecule has 2 aliphatic heterocycles. The van der Waals surface area contributed by atoms with Crippen molar-refractivity contribution in [2.24, 2.45) is 11.1 Å². The fraction of sp³-hybridized carbons (Fsp3) is 0.647. The maximum Gasteiger partial charge on any atom is 0.255 e. The summed E-state index contributed by atoms with van der Waals surface area (Å²) in [7, 11) is 0. The maximum atomic E-state index is 12.7. The molecule has 0 radical (unpaired) electrons. The summed E-state index contributed by atoms with van der Waals surface area (Å²) in [5.41, 5.74) is 6.79. The van der Waals surface area contributed by atoms with Crippen LogP contribution in [0, 0.1) is 5.41 Å². The molecule has 0 spiro atoms. The van der Waals surface area contributed by atoms with Gasteiger partial charge in [-0.3, -0.25) is 4.79 Å². The largest absolute Gasteiger partial charge is 0.357 e. The van der Waals surface area contributed by atoms with Crippen LogP contribution in [-0.2, 0) is 0 Å². The van der Waals surface area contributed by atoms with Gasteiger partial charge in [-0.05, 0) is 36.8 Å². The van der Waals surface area contributed by atoms with Gasteiger partial charge in [-0.1, -0.05) is 13.8 Å². The third-order valence-electron chi connectivity index (χ3n) is 5.02. The SMILES string of the molecule is CC1(C)CN(C(=O)c2ccc(N3CCCC3)nc2)CCC1N. The molecule has 2 saturated heterocycles. The average Bonchev–Trinajstić information content (AvgIpc) is 3.04. The summed E-state index contributed by atoms with van der Waals surface area (Å²) >= 11 is 0. The first-order valence-electron chi connectivity index (χ1n) is 8.23. The van der Waals surface area contributed by atoms with Gasteiger partial charge in [-0.15, -0.1) is 0 Å². The first-order chi connectivity index (χ1) is 10.5. The molecule has 120 valence electrons. The Kier molecular flexibility index (Phi) is 4.08. The molecular weight excluding hydrogens is 276 g/mol. The molecule has 1 unspecified atom stereocenters. The molecule has 2 aliphatic rings. The predicted molar refractivity (Wildman–Crippen MR) is 88.0 cm³/mol. The molecule has 1 amide bonds. The highest BCUT2D eigenvalue weighted by Gasteiger charge is 2.35. The maximum absolute atomic E-state index is 12.7. The van der Waals surface area contributed by atoms with Crippen LogP contribution in [0.3, 0.4) is 0 Å². The van der Waals surface area contributed by atoms with Gasteiger partial charge in [-0.2, -0.15) is 0 Å².